The van der Waals surface area contributed by atoms with E-state index >= 15 is 0 Å². The molecule has 3 aromatic carbocycles. The van der Waals surface area contributed by atoms with Crippen LogP contribution in [-0.4, -0.2) is 23.1 Å². The molecule has 1 amide bonds. The molecule has 188 valence electrons. The fourth-order valence-corrected chi connectivity index (χ4v) is 4.50. The zero-order valence-corrected chi connectivity index (χ0v) is 20.6. The van der Waals surface area contributed by atoms with Gasteiger partial charge in [0.2, 0.25) is 6.10 Å². The van der Waals surface area contributed by atoms with Crippen LogP contribution < -0.4 is 14.8 Å². The number of anilines is 1. The highest BCUT2D eigenvalue weighted by Crippen LogP contribution is 2.28. The summed E-state index contributed by atoms with van der Waals surface area (Å²) in [5, 5.41) is 12.3. The Hall–Kier alpha value is -3.80. The normalized spacial score (nSPS) is 15.2. The summed E-state index contributed by atoms with van der Waals surface area (Å²) in [7, 11) is 0. The van der Waals surface area contributed by atoms with E-state index in [1.807, 2.05) is 42.5 Å². The average Bonchev–Trinajstić information content (AvgIpc) is 2.86. The first kappa shape index (κ1) is 25.3. The maximum absolute atomic E-state index is 13.3. The average molecular weight is 488 g/mol. The Morgan fingerprint density at radius 1 is 0.861 bits per heavy atom. The summed E-state index contributed by atoms with van der Waals surface area (Å²) in [4.78, 5) is 25.0. The molecule has 1 atom stereocenters. The molecule has 6 heteroatoms. The van der Waals surface area contributed by atoms with E-state index in [-0.39, 0.29) is 17.4 Å². The van der Waals surface area contributed by atoms with Gasteiger partial charge in [-0.3, -0.25) is 4.79 Å². The van der Waals surface area contributed by atoms with E-state index in [0.717, 1.165) is 24.2 Å². The van der Waals surface area contributed by atoms with Gasteiger partial charge in [0.1, 0.15) is 11.5 Å². The van der Waals surface area contributed by atoms with E-state index in [1.165, 1.54) is 38.2 Å². The number of carbonyl (C=O) groups excluding carboxylic acids is 1. The monoisotopic (exact) mass is 487 g/mol. The van der Waals surface area contributed by atoms with Gasteiger partial charge in [0, 0.05) is 5.56 Å². The Balaban J connectivity index is 1.49. The van der Waals surface area contributed by atoms with Crippen molar-refractivity contribution in [3.63, 3.8) is 0 Å². The first-order chi connectivity index (χ1) is 17.5. The molecule has 1 unspecified atom stereocenters. The number of carboxylic acid groups (broad SMARTS) is 1. The molecule has 0 saturated heterocycles. The molecule has 3 aromatic rings. The smallest absolute Gasteiger partial charge is 0.337 e. The minimum Gasteiger partial charge on any atom is -0.490 e. The molecule has 0 aromatic heterocycles. The highest BCUT2D eigenvalue weighted by molar-refractivity contribution is 6.02. The summed E-state index contributed by atoms with van der Waals surface area (Å²) in [5.41, 5.74) is 1.72. The van der Waals surface area contributed by atoms with Crippen LogP contribution in [0.5, 0.6) is 11.5 Å². The van der Waals surface area contributed by atoms with Crippen molar-refractivity contribution in [3.05, 3.63) is 89.5 Å². The number of rotatable bonds is 8. The predicted molar refractivity (Wildman–Crippen MR) is 140 cm³/mol. The number of carboxylic acids is 1. The fraction of sp³-hybridized carbons (Fsp3) is 0.333. The van der Waals surface area contributed by atoms with Crippen molar-refractivity contribution in [1.82, 2.24) is 0 Å². The molecule has 1 aliphatic rings. The molecule has 4 rings (SSSR count). The second-order valence-electron chi connectivity index (χ2n) is 9.31. The van der Waals surface area contributed by atoms with Crippen molar-refractivity contribution >= 4 is 17.6 Å². The number of aryl methyl sites for hydroxylation is 1. The van der Waals surface area contributed by atoms with Gasteiger partial charge in [0.15, 0.2) is 0 Å². The Kier molecular flexibility index (Phi) is 8.61. The maximum atomic E-state index is 13.3. The molecule has 1 fully saturated rings. The Morgan fingerprint density at radius 2 is 1.50 bits per heavy atom. The van der Waals surface area contributed by atoms with Gasteiger partial charge in [-0.05, 0) is 69.0 Å². The number of aromatic carboxylic acids is 1. The minimum absolute atomic E-state index is 0.0332. The summed E-state index contributed by atoms with van der Waals surface area (Å²) in [5.74, 6) is -0.251. The van der Waals surface area contributed by atoms with E-state index in [4.69, 9.17) is 9.47 Å². The molecule has 1 saturated carbocycles. The third-order valence-electron chi connectivity index (χ3n) is 6.44. The van der Waals surface area contributed by atoms with Crippen LogP contribution in [0.15, 0.2) is 72.8 Å². The summed E-state index contributed by atoms with van der Waals surface area (Å²) in [6.45, 7) is 1.80. The molecular weight excluding hydrogens is 454 g/mol. The van der Waals surface area contributed by atoms with E-state index in [2.05, 4.69) is 5.32 Å². The van der Waals surface area contributed by atoms with Crippen molar-refractivity contribution in [1.29, 1.82) is 0 Å². The largest absolute Gasteiger partial charge is 0.490 e. The van der Waals surface area contributed by atoms with Gasteiger partial charge < -0.3 is 19.9 Å². The van der Waals surface area contributed by atoms with Crippen LogP contribution in [0, 0.1) is 6.92 Å². The summed E-state index contributed by atoms with van der Waals surface area (Å²) < 4.78 is 12.3. The second kappa shape index (κ2) is 12.2. The number of nitrogens with one attached hydrogen (secondary N) is 1. The van der Waals surface area contributed by atoms with Crippen LogP contribution in [0.4, 0.5) is 5.69 Å². The van der Waals surface area contributed by atoms with Crippen molar-refractivity contribution in [2.24, 2.45) is 0 Å². The van der Waals surface area contributed by atoms with Gasteiger partial charge in [-0.15, -0.1) is 0 Å². The van der Waals surface area contributed by atoms with Gasteiger partial charge in [-0.1, -0.05) is 61.2 Å². The lowest BCUT2D eigenvalue weighted by Gasteiger charge is -2.22. The number of hydrogen-bond donors (Lipinski definition) is 2. The van der Waals surface area contributed by atoms with Crippen molar-refractivity contribution < 1.29 is 24.2 Å². The fourth-order valence-electron chi connectivity index (χ4n) is 4.50. The van der Waals surface area contributed by atoms with Crippen molar-refractivity contribution in [2.75, 3.05) is 5.32 Å². The van der Waals surface area contributed by atoms with E-state index < -0.39 is 18.0 Å². The third-order valence-corrected chi connectivity index (χ3v) is 6.44. The quantitative estimate of drug-likeness (QED) is 0.359. The third kappa shape index (κ3) is 6.87. The van der Waals surface area contributed by atoms with Crippen LogP contribution in [0.3, 0.4) is 0 Å². The Morgan fingerprint density at radius 3 is 2.17 bits per heavy atom. The lowest BCUT2D eigenvalue weighted by molar-refractivity contribution is -0.123. The van der Waals surface area contributed by atoms with E-state index in [1.54, 1.807) is 31.2 Å². The molecular formula is C30H33NO5. The topological polar surface area (TPSA) is 84.9 Å². The van der Waals surface area contributed by atoms with E-state index in [0.29, 0.717) is 11.3 Å². The van der Waals surface area contributed by atoms with Gasteiger partial charge in [0.05, 0.1) is 17.4 Å². The van der Waals surface area contributed by atoms with Gasteiger partial charge in [-0.25, -0.2) is 4.79 Å². The molecule has 0 aliphatic heterocycles. The first-order valence-electron chi connectivity index (χ1n) is 12.6. The molecule has 0 heterocycles. The number of hydrogen-bond acceptors (Lipinski definition) is 4. The van der Waals surface area contributed by atoms with Crippen molar-refractivity contribution in [2.45, 2.75) is 64.1 Å². The van der Waals surface area contributed by atoms with Gasteiger partial charge in [-0.2, -0.15) is 0 Å². The van der Waals surface area contributed by atoms with E-state index in [9.17, 15) is 14.7 Å². The second-order valence-corrected chi connectivity index (χ2v) is 9.31. The van der Waals surface area contributed by atoms with Crippen LogP contribution >= 0.6 is 0 Å². The molecule has 36 heavy (non-hydrogen) atoms. The predicted octanol–water partition coefficient (Wildman–Crippen LogP) is 6.94. The molecule has 6 nitrogen and oxygen atoms in total. The number of benzene rings is 3. The number of amides is 1. The lowest BCUT2D eigenvalue weighted by atomic mass is 9.98. The van der Waals surface area contributed by atoms with Crippen molar-refractivity contribution in [3.8, 4) is 11.5 Å². The molecule has 0 spiro atoms. The SMILES string of the molecule is Cc1ccc(NC(=O)C(Oc2ccc(OC3CCCCCCC3)cc2)c2ccccc2)c(C(=O)O)c1. The zero-order valence-electron chi connectivity index (χ0n) is 20.6. The minimum atomic E-state index is -1.11. The first-order valence-corrected chi connectivity index (χ1v) is 12.6. The highest BCUT2D eigenvalue weighted by Gasteiger charge is 2.25. The summed E-state index contributed by atoms with van der Waals surface area (Å²) in [6, 6.07) is 21.4. The van der Waals surface area contributed by atoms with Crippen LogP contribution in [-0.2, 0) is 4.79 Å². The molecule has 0 bridgehead atoms. The molecule has 2 N–H and O–H groups in total. The Labute approximate surface area is 212 Å². The standard InChI is InChI=1S/C30H33NO5/c1-21-14-19-27(26(20-21)30(33)34)31-29(32)28(22-10-6-5-7-11-22)36-25-17-15-24(16-18-25)35-23-12-8-3-2-4-9-13-23/h5-7,10-11,14-20,23,28H,2-4,8-9,12-13H2,1H3,(H,31,32)(H,33,34). The maximum Gasteiger partial charge on any atom is 0.337 e. The Bertz CT molecular complexity index is 1150. The summed E-state index contributed by atoms with van der Waals surface area (Å²) in [6.07, 6.45) is 7.67. The van der Waals surface area contributed by atoms with Crippen LogP contribution in [0.1, 0.15) is 72.5 Å². The summed E-state index contributed by atoms with van der Waals surface area (Å²) >= 11 is 0. The molecule has 1 aliphatic carbocycles. The number of carbonyl (C=O) groups is 2. The van der Waals surface area contributed by atoms with Gasteiger partial charge >= 0.3 is 5.97 Å². The lowest BCUT2D eigenvalue weighted by Crippen LogP contribution is -2.26. The molecule has 0 radical (unpaired) electrons. The zero-order chi connectivity index (χ0) is 25.3. The number of ether oxygens (including phenoxy) is 2. The highest BCUT2D eigenvalue weighted by atomic mass is 16.5. The van der Waals surface area contributed by atoms with Crippen LogP contribution in [0.2, 0.25) is 0 Å². The van der Waals surface area contributed by atoms with Crippen LogP contribution in [0.25, 0.3) is 0 Å². The van der Waals surface area contributed by atoms with Gasteiger partial charge in [0.25, 0.3) is 5.91 Å².